The number of aromatic nitrogens is 3. The molecule has 0 saturated heterocycles. The van der Waals surface area contributed by atoms with Gasteiger partial charge in [0.25, 0.3) is 0 Å². The average Bonchev–Trinajstić information content (AvgIpc) is 2.72. The fourth-order valence-electron chi connectivity index (χ4n) is 1.58. The minimum atomic E-state index is 0.905. The normalized spacial score (nSPS) is 10.8. The van der Waals surface area contributed by atoms with E-state index in [2.05, 4.69) is 26.1 Å². The SMILES string of the molecule is Brc1cccc(-n2nc3ccccc3n2)c1. The van der Waals surface area contributed by atoms with Gasteiger partial charge in [-0.1, -0.05) is 34.1 Å². The molecule has 0 aliphatic carbocycles. The molecule has 0 saturated carbocycles. The predicted octanol–water partition coefficient (Wildman–Crippen LogP) is 3.18. The lowest BCUT2D eigenvalue weighted by Crippen LogP contribution is -1.97. The van der Waals surface area contributed by atoms with Gasteiger partial charge in [-0.2, -0.15) is 4.80 Å². The molecule has 3 nitrogen and oxygen atoms in total. The summed E-state index contributed by atoms with van der Waals surface area (Å²) in [6.45, 7) is 0. The minimum absolute atomic E-state index is 0.905. The number of halogens is 1. The van der Waals surface area contributed by atoms with E-state index in [1.54, 1.807) is 4.80 Å². The first-order valence-corrected chi connectivity index (χ1v) is 5.70. The molecule has 0 spiro atoms. The molecule has 0 aliphatic rings. The second kappa shape index (κ2) is 3.72. The van der Waals surface area contributed by atoms with Gasteiger partial charge in [-0.05, 0) is 30.3 Å². The molecule has 0 amide bonds. The molecule has 1 heterocycles. The maximum absolute atomic E-state index is 4.41. The molecule has 0 bridgehead atoms. The molecule has 2 aromatic carbocycles. The summed E-state index contributed by atoms with van der Waals surface area (Å²) in [6.07, 6.45) is 0. The summed E-state index contributed by atoms with van der Waals surface area (Å²) in [5.74, 6) is 0. The third kappa shape index (κ3) is 1.61. The van der Waals surface area contributed by atoms with Crippen molar-refractivity contribution in [3.05, 3.63) is 53.0 Å². The lowest BCUT2D eigenvalue weighted by Gasteiger charge is -1.98. The molecule has 0 radical (unpaired) electrons. The van der Waals surface area contributed by atoms with Gasteiger partial charge in [0.1, 0.15) is 11.0 Å². The molecule has 78 valence electrons. The van der Waals surface area contributed by atoms with Crippen molar-refractivity contribution in [2.45, 2.75) is 0 Å². The number of fused-ring (bicyclic) bond motifs is 1. The van der Waals surface area contributed by atoms with E-state index >= 15 is 0 Å². The maximum atomic E-state index is 4.41. The van der Waals surface area contributed by atoms with Crippen LogP contribution in [0.25, 0.3) is 16.7 Å². The Morgan fingerprint density at radius 1 is 0.875 bits per heavy atom. The van der Waals surface area contributed by atoms with E-state index in [1.807, 2.05) is 48.5 Å². The topological polar surface area (TPSA) is 30.7 Å². The molecular formula is C12H8BrN3. The molecule has 0 atom stereocenters. The molecule has 1 aromatic heterocycles. The predicted molar refractivity (Wildman–Crippen MR) is 66.6 cm³/mol. The van der Waals surface area contributed by atoms with Gasteiger partial charge in [-0.3, -0.25) is 0 Å². The molecule has 3 aromatic rings. The highest BCUT2D eigenvalue weighted by Gasteiger charge is 2.03. The van der Waals surface area contributed by atoms with E-state index in [1.165, 1.54) is 0 Å². The summed E-state index contributed by atoms with van der Waals surface area (Å²) in [5.41, 5.74) is 2.76. The minimum Gasteiger partial charge on any atom is -0.150 e. The van der Waals surface area contributed by atoms with Gasteiger partial charge in [0.2, 0.25) is 0 Å². The van der Waals surface area contributed by atoms with Crippen LogP contribution < -0.4 is 0 Å². The molecule has 3 rings (SSSR count). The first-order valence-electron chi connectivity index (χ1n) is 4.91. The van der Waals surface area contributed by atoms with Crippen molar-refractivity contribution in [3.8, 4) is 5.69 Å². The van der Waals surface area contributed by atoms with E-state index < -0.39 is 0 Å². The van der Waals surface area contributed by atoms with Crippen molar-refractivity contribution in [1.82, 2.24) is 15.0 Å². The summed E-state index contributed by atoms with van der Waals surface area (Å²) in [7, 11) is 0. The zero-order valence-electron chi connectivity index (χ0n) is 8.34. The van der Waals surface area contributed by atoms with Gasteiger partial charge >= 0.3 is 0 Å². The highest BCUT2D eigenvalue weighted by Crippen LogP contribution is 2.16. The Hall–Kier alpha value is -1.68. The van der Waals surface area contributed by atoms with Crippen molar-refractivity contribution in [3.63, 3.8) is 0 Å². The van der Waals surface area contributed by atoms with Crippen LogP contribution in [0.2, 0.25) is 0 Å². The van der Waals surface area contributed by atoms with E-state index in [0.717, 1.165) is 21.2 Å². The van der Waals surface area contributed by atoms with Gasteiger partial charge in [-0.25, -0.2) is 0 Å². The lowest BCUT2D eigenvalue weighted by atomic mass is 10.3. The smallest absolute Gasteiger partial charge is 0.113 e. The summed E-state index contributed by atoms with van der Waals surface area (Å²) >= 11 is 3.43. The molecule has 0 aliphatic heterocycles. The summed E-state index contributed by atoms with van der Waals surface area (Å²) in [4.78, 5) is 1.65. The van der Waals surface area contributed by atoms with Crippen LogP contribution in [0, 0.1) is 0 Å². The van der Waals surface area contributed by atoms with Gasteiger partial charge in [0.05, 0.1) is 5.69 Å². The zero-order valence-corrected chi connectivity index (χ0v) is 9.92. The quantitative estimate of drug-likeness (QED) is 0.682. The van der Waals surface area contributed by atoms with Crippen LogP contribution in [0.4, 0.5) is 0 Å². The highest BCUT2D eigenvalue weighted by molar-refractivity contribution is 9.10. The first-order chi connectivity index (χ1) is 7.83. The number of benzene rings is 2. The molecule has 0 fully saturated rings. The summed E-state index contributed by atoms with van der Waals surface area (Å²) in [6, 6.07) is 15.7. The highest BCUT2D eigenvalue weighted by atomic mass is 79.9. The maximum Gasteiger partial charge on any atom is 0.113 e. The molecule has 0 N–H and O–H groups in total. The molecule has 4 heteroatoms. The van der Waals surface area contributed by atoms with Crippen LogP contribution in [-0.2, 0) is 0 Å². The van der Waals surface area contributed by atoms with Crippen molar-refractivity contribution in [1.29, 1.82) is 0 Å². The summed E-state index contributed by atoms with van der Waals surface area (Å²) in [5, 5.41) is 8.82. The lowest BCUT2D eigenvalue weighted by molar-refractivity contribution is 0.765. The van der Waals surface area contributed by atoms with E-state index in [4.69, 9.17) is 0 Å². The Bertz CT molecular complexity index is 612. The fraction of sp³-hybridized carbons (Fsp3) is 0. The van der Waals surface area contributed by atoms with Crippen molar-refractivity contribution < 1.29 is 0 Å². The van der Waals surface area contributed by atoms with E-state index in [9.17, 15) is 0 Å². The summed E-state index contributed by atoms with van der Waals surface area (Å²) < 4.78 is 1.02. The van der Waals surface area contributed by atoms with Gasteiger partial charge in [0, 0.05) is 4.47 Å². The Morgan fingerprint density at radius 2 is 1.56 bits per heavy atom. The average molecular weight is 274 g/mol. The van der Waals surface area contributed by atoms with Gasteiger partial charge in [0.15, 0.2) is 0 Å². The fourth-order valence-corrected chi connectivity index (χ4v) is 1.96. The van der Waals surface area contributed by atoms with E-state index in [-0.39, 0.29) is 0 Å². The zero-order chi connectivity index (χ0) is 11.0. The van der Waals surface area contributed by atoms with Crippen LogP contribution in [0.3, 0.4) is 0 Å². The number of nitrogens with zero attached hydrogens (tertiary/aromatic N) is 3. The van der Waals surface area contributed by atoms with Gasteiger partial charge < -0.3 is 0 Å². The van der Waals surface area contributed by atoms with Crippen LogP contribution in [0.1, 0.15) is 0 Å². The Balaban J connectivity index is 2.19. The first kappa shape index (κ1) is 9.54. The third-order valence-electron chi connectivity index (χ3n) is 2.33. The Labute approximate surface area is 101 Å². The van der Waals surface area contributed by atoms with Crippen LogP contribution in [-0.4, -0.2) is 15.0 Å². The van der Waals surface area contributed by atoms with Crippen LogP contribution in [0.15, 0.2) is 53.0 Å². The number of hydrogen-bond acceptors (Lipinski definition) is 2. The second-order valence-electron chi connectivity index (χ2n) is 3.46. The number of rotatable bonds is 1. The standard InChI is InChI=1S/C12H8BrN3/c13-9-4-3-5-10(8-9)16-14-11-6-1-2-7-12(11)15-16/h1-8H. The monoisotopic (exact) mass is 273 g/mol. The van der Waals surface area contributed by atoms with Crippen molar-refractivity contribution >= 4 is 27.0 Å². The third-order valence-corrected chi connectivity index (χ3v) is 2.82. The van der Waals surface area contributed by atoms with E-state index in [0.29, 0.717) is 0 Å². The molecule has 16 heavy (non-hydrogen) atoms. The Kier molecular flexibility index (Phi) is 2.22. The Morgan fingerprint density at radius 3 is 2.19 bits per heavy atom. The molecular weight excluding hydrogens is 266 g/mol. The van der Waals surface area contributed by atoms with Crippen molar-refractivity contribution in [2.24, 2.45) is 0 Å². The largest absolute Gasteiger partial charge is 0.150 e. The van der Waals surface area contributed by atoms with Gasteiger partial charge in [-0.15, -0.1) is 10.2 Å². The van der Waals surface area contributed by atoms with Crippen LogP contribution >= 0.6 is 15.9 Å². The molecule has 0 unspecified atom stereocenters. The second-order valence-corrected chi connectivity index (χ2v) is 4.37. The van der Waals surface area contributed by atoms with Crippen LogP contribution in [0.5, 0.6) is 0 Å². The van der Waals surface area contributed by atoms with Crippen molar-refractivity contribution in [2.75, 3.05) is 0 Å². The number of hydrogen-bond donors (Lipinski definition) is 0.